The molecule has 0 radical (unpaired) electrons. The van der Waals surface area contributed by atoms with Crippen molar-refractivity contribution in [2.24, 2.45) is 5.10 Å². The van der Waals surface area contributed by atoms with Gasteiger partial charge in [-0.2, -0.15) is 5.10 Å². The van der Waals surface area contributed by atoms with E-state index >= 15 is 0 Å². The molecule has 0 heterocycles. The Hall–Kier alpha value is -2.64. The Labute approximate surface area is 211 Å². The number of carbonyl (C=O) groups excluding carboxylic acids is 1. The molecule has 1 N–H and O–H groups in total. The number of methoxy groups -OCH3 is 1. The van der Waals surface area contributed by atoms with Gasteiger partial charge < -0.3 is 14.2 Å². The average molecular weight is 528 g/mol. The van der Waals surface area contributed by atoms with Crippen LogP contribution in [-0.4, -0.2) is 25.8 Å². The van der Waals surface area contributed by atoms with Crippen LogP contribution < -0.4 is 19.6 Å². The van der Waals surface area contributed by atoms with E-state index in [4.69, 9.17) is 60.6 Å². The molecular weight excluding hydrogens is 510 g/mol. The molecule has 0 atom stereocenters. The van der Waals surface area contributed by atoms with Gasteiger partial charge in [-0.1, -0.05) is 58.5 Å². The molecule has 0 saturated carbocycles. The van der Waals surface area contributed by atoms with Crippen LogP contribution in [0.2, 0.25) is 20.1 Å². The number of nitrogens with one attached hydrogen (secondary N) is 1. The van der Waals surface area contributed by atoms with E-state index in [9.17, 15) is 4.79 Å². The minimum Gasteiger partial charge on any atom is -0.493 e. The normalized spacial score (nSPS) is 10.8. The van der Waals surface area contributed by atoms with Crippen molar-refractivity contribution in [3.05, 3.63) is 85.8 Å². The number of benzene rings is 3. The lowest BCUT2D eigenvalue weighted by Gasteiger charge is -2.13. The minimum atomic E-state index is -0.474. The molecule has 0 unspecified atom stereocenters. The summed E-state index contributed by atoms with van der Waals surface area (Å²) in [4.78, 5) is 12.0. The van der Waals surface area contributed by atoms with Gasteiger partial charge in [0.1, 0.15) is 12.4 Å². The summed E-state index contributed by atoms with van der Waals surface area (Å²) in [6.45, 7) is 0.00856. The van der Waals surface area contributed by atoms with Crippen molar-refractivity contribution >= 4 is 58.5 Å². The first-order valence-corrected chi connectivity index (χ1v) is 11.0. The second-order valence-electron chi connectivity index (χ2n) is 6.61. The predicted octanol–water partition coefficient (Wildman–Crippen LogP) is 6.42. The third-order valence-electron chi connectivity index (χ3n) is 4.20. The highest BCUT2D eigenvalue weighted by atomic mass is 35.5. The van der Waals surface area contributed by atoms with Crippen LogP contribution in [0.25, 0.3) is 0 Å². The molecule has 0 fully saturated rings. The van der Waals surface area contributed by atoms with E-state index in [1.807, 2.05) is 12.1 Å². The van der Waals surface area contributed by atoms with E-state index in [1.165, 1.54) is 19.4 Å². The number of amides is 1. The maximum atomic E-state index is 12.0. The highest BCUT2D eigenvalue weighted by Gasteiger charge is 2.12. The van der Waals surface area contributed by atoms with Gasteiger partial charge in [0.15, 0.2) is 18.1 Å². The highest BCUT2D eigenvalue weighted by Crippen LogP contribution is 2.36. The van der Waals surface area contributed by atoms with Gasteiger partial charge in [-0.3, -0.25) is 4.79 Å². The molecule has 0 spiro atoms. The highest BCUT2D eigenvalue weighted by molar-refractivity contribution is 6.35. The molecule has 10 heteroatoms. The second kappa shape index (κ2) is 12.0. The van der Waals surface area contributed by atoms with Crippen LogP contribution in [0.5, 0.6) is 17.2 Å². The average Bonchev–Trinajstić information content (AvgIpc) is 2.78. The third-order valence-corrected chi connectivity index (χ3v) is 5.27. The van der Waals surface area contributed by atoms with Crippen molar-refractivity contribution in [3.63, 3.8) is 0 Å². The quantitative estimate of drug-likeness (QED) is 0.257. The Kier molecular flexibility index (Phi) is 9.09. The lowest BCUT2D eigenvalue weighted by atomic mass is 10.2. The predicted molar refractivity (Wildman–Crippen MR) is 131 cm³/mol. The number of halogens is 4. The zero-order valence-electron chi connectivity index (χ0n) is 17.3. The Morgan fingerprint density at radius 2 is 1.64 bits per heavy atom. The molecule has 0 aromatic heterocycles. The van der Waals surface area contributed by atoms with Gasteiger partial charge in [-0.05, 0) is 53.6 Å². The summed E-state index contributed by atoms with van der Waals surface area (Å²) in [5.41, 5.74) is 3.88. The summed E-state index contributed by atoms with van der Waals surface area (Å²) in [7, 11) is 1.50. The van der Waals surface area contributed by atoms with E-state index in [1.54, 1.807) is 36.4 Å². The zero-order valence-corrected chi connectivity index (χ0v) is 20.3. The Morgan fingerprint density at radius 3 is 2.33 bits per heavy atom. The molecular formula is C23H18Cl4N2O4. The van der Waals surface area contributed by atoms with Crippen molar-refractivity contribution in [3.8, 4) is 17.2 Å². The number of nitrogens with zero attached hydrogens (tertiary/aromatic N) is 1. The molecule has 0 aliphatic rings. The number of rotatable bonds is 9. The molecule has 3 rings (SSSR count). The van der Waals surface area contributed by atoms with Crippen molar-refractivity contribution in [1.29, 1.82) is 0 Å². The van der Waals surface area contributed by atoms with Crippen LogP contribution in [0, 0.1) is 0 Å². The van der Waals surface area contributed by atoms with Crippen LogP contribution in [0.4, 0.5) is 0 Å². The van der Waals surface area contributed by atoms with E-state index in [0.717, 1.165) is 5.56 Å². The smallest absolute Gasteiger partial charge is 0.277 e. The van der Waals surface area contributed by atoms with E-state index in [2.05, 4.69) is 10.5 Å². The van der Waals surface area contributed by atoms with Gasteiger partial charge in [0, 0.05) is 10.0 Å². The first-order valence-electron chi connectivity index (χ1n) is 9.50. The van der Waals surface area contributed by atoms with Gasteiger partial charge in [-0.25, -0.2) is 5.43 Å². The first-order chi connectivity index (χ1) is 15.9. The maximum absolute atomic E-state index is 12.0. The molecule has 3 aromatic rings. The van der Waals surface area contributed by atoms with Gasteiger partial charge in [0.2, 0.25) is 0 Å². The monoisotopic (exact) mass is 526 g/mol. The van der Waals surface area contributed by atoms with Crippen LogP contribution in [0.1, 0.15) is 11.1 Å². The number of hydrogen-bond donors (Lipinski definition) is 1. The summed E-state index contributed by atoms with van der Waals surface area (Å²) in [5, 5.41) is 5.66. The van der Waals surface area contributed by atoms with E-state index in [-0.39, 0.29) is 13.2 Å². The summed E-state index contributed by atoms with van der Waals surface area (Å²) >= 11 is 24.1. The molecule has 1 amide bonds. The molecule has 0 aliphatic heterocycles. The van der Waals surface area contributed by atoms with Gasteiger partial charge in [0.25, 0.3) is 5.91 Å². The van der Waals surface area contributed by atoms with Crippen molar-refractivity contribution in [2.45, 2.75) is 6.61 Å². The fraction of sp³-hybridized carbons (Fsp3) is 0.130. The van der Waals surface area contributed by atoms with Gasteiger partial charge in [-0.15, -0.1) is 0 Å². The summed E-state index contributed by atoms with van der Waals surface area (Å²) in [6.07, 6.45) is 1.42. The van der Waals surface area contributed by atoms with Crippen molar-refractivity contribution in [2.75, 3.05) is 13.7 Å². The molecule has 6 nitrogen and oxygen atoms in total. The van der Waals surface area contributed by atoms with Crippen LogP contribution >= 0.6 is 46.4 Å². The molecule has 172 valence electrons. The van der Waals surface area contributed by atoms with Crippen molar-refractivity contribution < 1.29 is 19.0 Å². The van der Waals surface area contributed by atoms with Gasteiger partial charge in [0.05, 0.1) is 23.4 Å². The zero-order chi connectivity index (χ0) is 23.8. The Bertz CT molecular complexity index is 1150. The SMILES string of the molecule is COc1cc(/C=N\NC(=O)COc2ccc(Cl)cc2Cl)cc(Cl)c1OCc1ccc(Cl)cc1. The molecule has 3 aromatic carbocycles. The second-order valence-corrected chi connectivity index (χ2v) is 8.29. The number of hydrazone groups is 1. The lowest BCUT2D eigenvalue weighted by Crippen LogP contribution is -2.24. The summed E-state index contributed by atoms with van der Waals surface area (Å²) in [6, 6.07) is 15.3. The number of carbonyl (C=O) groups is 1. The molecule has 0 saturated heterocycles. The summed E-state index contributed by atoms with van der Waals surface area (Å²) in [5.74, 6) is 0.678. The minimum absolute atomic E-state index is 0.278. The molecule has 0 aliphatic carbocycles. The fourth-order valence-corrected chi connectivity index (χ4v) is 3.50. The van der Waals surface area contributed by atoms with Crippen LogP contribution in [0.15, 0.2) is 59.7 Å². The first kappa shape index (κ1) is 25.0. The van der Waals surface area contributed by atoms with Crippen LogP contribution in [-0.2, 0) is 11.4 Å². The number of hydrogen-bond acceptors (Lipinski definition) is 5. The fourth-order valence-electron chi connectivity index (χ4n) is 2.64. The molecule has 33 heavy (non-hydrogen) atoms. The van der Waals surface area contributed by atoms with Crippen molar-refractivity contribution in [1.82, 2.24) is 5.43 Å². The third kappa shape index (κ3) is 7.44. The Morgan fingerprint density at radius 1 is 0.909 bits per heavy atom. The lowest BCUT2D eigenvalue weighted by molar-refractivity contribution is -0.123. The van der Waals surface area contributed by atoms with Crippen LogP contribution in [0.3, 0.4) is 0 Å². The summed E-state index contributed by atoms with van der Waals surface area (Å²) < 4.78 is 16.6. The maximum Gasteiger partial charge on any atom is 0.277 e. The van der Waals surface area contributed by atoms with E-state index in [0.29, 0.717) is 42.9 Å². The largest absolute Gasteiger partial charge is 0.493 e. The number of ether oxygens (including phenoxy) is 3. The molecule has 0 bridgehead atoms. The standard InChI is InChI=1S/C23H18Cl4N2O4/c1-31-21-9-15(8-19(27)23(21)33-12-14-2-4-16(24)5-3-14)11-28-29-22(30)13-32-20-7-6-17(25)10-18(20)26/h2-11H,12-13H2,1H3,(H,29,30)/b28-11-. The Balaban J connectivity index is 1.58. The topological polar surface area (TPSA) is 69.2 Å². The van der Waals surface area contributed by atoms with Gasteiger partial charge >= 0.3 is 0 Å². The van der Waals surface area contributed by atoms with E-state index < -0.39 is 5.91 Å².